The summed E-state index contributed by atoms with van der Waals surface area (Å²) in [5.74, 6) is 1.30. The molecule has 9 heteroatoms. The lowest BCUT2D eigenvalue weighted by Crippen LogP contribution is -2.09. The van der Waals surface area contributed by atoms with Crippen LogP contribution in [0.4, 0.5) is 0 Å². The van der Waals surface area contributed by atoms with E-state index >= 15 is 0 Å². The van der Waals surface area contributed by atoms with Crippen LogP contribution in [0.1, 0.15) is 41.0 Å². The minimum atomic E-state index is -2.85. The first-order chi connectivity index (χ1) is 15.4. The Morgan fingerprint density at radius 2 is 1.34 bits per heavy atom. The maximum absolute atomic E-state index is 13.0. The molecule has 0 aliphatic carbocycles. The Morgan fingerprint density at radius 1 is 0.812 bits per heavy atom. The minimum absolute atomic E-state index is 0.0665. The van der Waals surface area contributed by atoms with E-state index in [0.717, 1.165) is 0 Å². The Labute approximate surface area is 188 Å². The smallest absolute Gasteiger partial charge is 0.225 e. The van der Waals surface area contributed by atoms with E-state index in [2.05, 4.69) is 0 Å². The Morgan fingerprint density at radius 3 is 1.78 bits per heavy atom. The van der Waals surface area contributed by atoms with Crippen molar-refractivity contribution >= 4 is 19.1 Å². The van der Waals surface area contributed by atoms with Crippen LogP contribution in [0.3, 0.4) is 0 Å². The average molecular weight is 464 g/mol. The molecule has 0 aliphatic heterocycles. The largest absolute Gasteiger partial charge is 0.496 e. The summed E-state index contributed by atoms with van der Waals surface area (Å²) in [4.78, 5) is 25.9. The number of Topliss-reactive ketones (excluding diaryl/α,β-unsaturated/α-hetero) is 1. The van der Waals surface area contributed by atoms with Crippen molar-refractivity contribution in [3.8, 4) is 28.7 Å². The predicted octanol–water partition coefficient (Wildman–Crippen LogP) is 4.48. The molecule has 0 amide bonds. The lowest BCUT2D eigenvalue weighted by Gasteiger charge is -2.15. The average Bonchev–Trinajstić information content (AvgIpc) is 2.81. The zero-order valence-corrected chi connectivity index (χ0v) is 20.0. The normalized spacial score (nSPS) is 11.4. The summed E-state index contributed by atoms with van der Waals surface area (Å²) >= 11 is 0. The van der Waals surface area contributed by atoms with Gasteiger partial charge in [-0.25, -0.2) is 0 Å². The summed E-state index contributed by atoms with van der Waals surface area (Å²) in [6.07, 6.45) is -0.207. The van der Waals surface area contributed by atoms with Crippen molar-refractivity contribution in [2.75, 3.05) is 40.7 Å². The van der Waals surface area contributed by atoms with Gasteiger partial charge in [0.25, 0.3) is 0 Å². The molecule has 0 fully saturated rings. The maximum atomic E-state index is 13.0. The third-order valence-corrected chi connectivity index (χ3v) is 6.10. The van der Waals surface area contributed by atoms with Gasteiger partial charge in [0.1, 0.15) is 47.7 Å². The third kappa shape index (κ3) is 5.82. The summed E-state index contributed by atoms with van der Waals surface area (Å²) in [5.41, 5.74) is -0.266. The van der Waals surface area contributed by atoms with Gasteiger partial charge in [-0.2, -0.15) is 0 Å². The van der Waals surface area contributed by atoms with E-state index in [9.17, 15) is 14.2 Å². The highest BCUT2D eigenvalue weighted by Crippen LogP contribution is 2.41. The van der Waals surface area contributed by atoms with E-state index in [-0.39, 0.29) is 41.0 Å². The first kappa shape index (κ1) is 25.3. The Balaban J connectivity index is 2.25. The number of benzene rings is 2. The van der Waals surface area contributed by atoms with Gasteiger partial charge >= 0.3 is 0 Å². The van der Waals surface area contributed by atoms with Gasteiger partial charge in [-0.15, -0.1) is 0 Å². The summed E-state index contributed by atoms with van der Waals surface area (Å²) in [6.45, 7) is 4.38. The molecule has 32 heavy (non-hydrogen) atoms. The van der Waals surface area contributed by atoms with Crippen LogP contribution < -0.4 is 23.7 Å². The number of ether oxygens (including phenoxy) is 5. The fourth-order valence-corrected chi connectivity index (χ4v) is 4.38. The van der Waals surface area contributed by atoms with Crippen molar-refractivity contribution in [1.29, 1.82) is 0 Å². The Bertz CT molecular complexity index is 937. The maximum Gasteiger partial charge on any atom is 0.225 e. The fourth-order valence-electron chi connectivity index (χ4n) is 3.17. The molecule has 0 aliphatic rings. The number of carbonyl (C=O) groups excluding carboxylic acids is 2. The van der Waals surface area contributed by atoms with E-state index in [0.29, 0.717) is 30.5 Å². The quantitative estimate of drug-likeness (QED) is 0.316. The molecule has 174 valence electrons. The van der Waals surface area contributed by atoms with E-state index in [1.165, 1.54) is 33.5 Å². The van der Waals surface area contributed by atoms with Crippen LogP contribution in [0.25, 0.3) is 0 Å². The van der Waals surface area contributed by atoms with Gasteiger partial charge < -0.3 is 28.2 Å². The van der Waals surface area contributed by atoms with Crippen molar-refractivity contribution in [3.63, 3.8) is 0 Å². The monoisotopic (exact) mass is 464 g/mol. The summed E-state index contributed by atoms with van der Waals surface area (Å²) in [6, 6.07) is 8.13. The molecule has 0 N–H and O–H groups in total. The summed E-state index contributed by atoms with van der Waals surface area (Å²) < 4.78 is 39.7. The second kappa shape index (κ2) is 12.2. The van der Waals surface area contributed by atoms with Crippen LogP contribution in [0, 0.1) is 0 Å². The molecule has 0 radical (unpaired) electrons. The molecule has 0 saturated heterocycles. The molecule has 0 aromatic heterocycles. The van der Waals surface area contributed by atoms with Crippen LogP contribution in [-0.2, 0) is 4.57 Å². The summed E-state index contributed by atoms with van der Waals surface area (Å²) in [7, 11) is 1.42. The van der Waals surface area contributed by atoms with Gasteiger partial charge in [0.05, 0.1) is 34.5 Å². The van der Waals surface area contributed by atoms with Crippen molar-refractivity contribution in [2.45, 2.75) is 20.3 Å². The molecule has 1 unspecified atom stereocenters. The molecule has 0 spiro atoms. The predicted molar refractivity (Wildman–Crippen MR) is 122 cm³/mol. The van der Waals surface area contributed by atoms with Crippen molar-refractivity contribution in [2.24, 2.45) is 0 Å². The molecule has 0 bridgehead atoms. The number of carbonyl (C=O) groups is 2. The van der Waals surface area contributed by atoms with Gasteiger partial charge in [0, 0.05) is 24.7 Å². The molecule has 2 aromatic rings. The highest BCUT2D eigenvalue weighted by molar-refractivity contribution is 7.64. The third-order valence-electron chi connectivity index (χ3n) is 4.64. The van der Waals surface area contributed by atoms with Gasteiger partial charge in [-0.05, 0) is 26.0 Å². The standard InChI is InChI=1S/C23H29O8P/c1-6-30-17-9-8-10-18(31-7-2)21(17)16(24)11-12-32(26)23(25)22-19(28-4)13-15(27-3)14-20(22)29-5/h8-10,13-14,32H,6-7,11-12H2,1-5H3. The number of rotatable bonds is 13. The number of hydrogen-bond acceptors (Lipinski definition) is 8. The molecule has 0 saturated carbocycles. The summed E-state index contributed by atoms with van der Waals surface area (Å²) in [5, 5.41) is 0. The van der Waals surface area contributed by atoms with E-state index in [4.69, 9.17) is 23.7 Å². The van der Waals surface area contributed by atoms with Gasteiger partial charge in [-0.3, -0.25) is 9.59 Å². The van der Waals surface area contributed by atoms with Crippen LogP contribution in [0.15, 0.2) is 30.3 Å². The van der Waals surface area contributed by atoms with E-state index in [1.54, 1.807) is 18.2 Å². The lowest BCUT2D eigenvalue weighted by atomic mass is 10.1. The Hall–Kier alpha value is -2.99. The molecule has 8 nitrogen and oxygen atoms in total. The van der Waals surface area contributed by atoms with Crippen molar-refractivity contribution in [3.05, 3.63) is 41.5 Å². The van der Waals surface area contributed by atoms with E-state index < -0.39 is 13.3 Å². The second-order valence-corrected chi connectivity index (χ2v) is 8.38. The number of ketones is 1. The van der Waals surface area contributed by atoms with E-state index in [1.807, 2.05) is 13.8 Å². The first-order valence-corrected chi connectivity index (χ1v) is 11.8. The highest BCUT2D eigenvalue weighted by Gasteiger charge is 2.26. The van der Waals surface area contributed by atoms with Gasteiger partial charge in [0.2, 0.25) is 5.52 Å². The zero-order valence-electron chi connectivity index (χ0n) is 19.0. The van der Waals surface area contributed by atoms with Crippen LogP contribution >= 0.6 is 7.80 Å². The lowest BCUT2D eigenvalue weighted by molar-refractivity contribution is 0.0981. The SMILES string of the molecule is CCOc1cccc(OCC)c1C(=O)CC[PH](=O)C(=O)c1c(OC)cc(OC)cc1OC. The molecular formula is C23H29O8P. The van der Waals surface area contributed by atoms with Crippen molar-refractivity contribution < 1.29 is 37.8 Å². The van der Waals surface area contributed by atoms with Crippen LogP contribution in [0.2, 0.25) is 0 Å². The topological polar surface area (TPSA) is 97.4 Å². The fraction of sp³-hybridized carbons (Fsp3) is 0.391. The highest BCUT2D eigenvalue weighted by atomic mass is 31.1. The molecule has 2 aromatic carbocycles. The van der Waals surface area contributed by atoms with Crippen LogP contribution in [-0.4, -0.2) is 52.0 Å². The van der Waals surface area contributed by atoms with Gasteiger partial charge in [0.15, 0.2) is 5.78 Å². The number of hydrogen-bond donors (Lipinski definition) is 0. The molecule has 1 atom stereocenters. The molecular weight excluding hydrogens is 435 g/mol. The van der Waals surface area contributed by atoms with Crippen LogP contribution in [0.5, 0.6) is 28.7 Å². The Kier molecular flexibility index (Phi) is 9.60. The first-order valence-electron chi connectivity index (χ1n) is 10.2. The second-order valence-electron chi connectivity index (χ2n) is 6.58. The van der Waals surface area contributed by atoms with Crippen molar-refractivity contribution in [1.82, 2.24) is 0 Å². The van der Waals surface area contributed by atoms with Gasteiger partial charge in [-0.1, -0.05) is 6.07 Å². The minimum Gasteiger partial charge on any atom is -0.496 e. The number of methoxy groups -OCH3 is 3. The molecule has 2 rings (SSSR count). The zero-order chi connectivity index (χ0) is 23.7. The molecule has 0 heterocycles.